The van der Waals surface area contributed by atoms with Gasteiger partial charge in [-0.1, -0.05) is 23.7 Å². The number of rotatable bonds is 4. The van der Waals surface area contributed by atoms with Gasteiger partial charge in [0.2, 0.25) is 0 Å². The number of amides is 1. The first-order valence-electron chi connectivity index (χ1n) is 5.94. The molecule has 0 aliphatic carbocycles. The quantitative estimate of drug-likeness (QED) is 0.655. The Morgan fingerprint density at radius 3 is 2.71 bits per heavy atom. The third kappa shape index (κ3) is 4.03. The van der Waals surface area contributed by atoms with Crippen LogP contribution in [0.3, 0.4) is 0 Å². The summed E-state index contributed by atoms with van der Waals surface area (Å²) in [5, 5.41) is 14.0. The number of nitrogens with zero attached hydrogens (tertiary/aromatic N) is 1. The van der Waals surface area contributed by atoms with Crippen molar-refractivity contribution in [1.29, 1.82) is 0 Å². The smallest absolute Gasteiger partial charge is 0.270 e. The molecule has 7 heteroatoms. The average molecular weight is 370 g/mol. The van der Waals surface area contributed by atoms with E-state index in [1.54, 1.807) is 18.2 Å². The van der Waals surface area contributed by atoms with Gasteiger partial charge in [-0.3, -0.25) is 14.9 Å². The molecule has 0 spiro atoms. The second kappa shape index (κ2) is 6.69. The number of non-ortho nitro benzene ring substituents is 1. The number of nitrogens with one attached hydrogen (secondary N) is 1. The van der Waals surface area contributed by atoms with Gasteiger partial charge in [0.1, 0.15) is 0 Å². The molecule has 0 saturated carbocycles. The van der Waals surface area contributed by atoms with Crippen molar-refractivity contribution in [2.75, 3.05) is 0 Å². The lowest BCUT2D eigenvalue weighted by Gasteiger charge is -2.07. The Morgan fingerprint density at radius 1 is 1.29 bits per heavy atom. The summed E-state index contributed by atoms with van der Waals surface area (Å²) >= 11 is 9.08. The Morgan fingerprint density at radius 2 is 2.05 bits per heavy atom. The van der Waals surface area contributed by atoms with Crippen LogP contribution in [0.5, 0.6) is 0 Å². The van der Waals surface area contributed by atoms with E-state index in [1.165, 1.54) is 18.2 Å². The van der Waals surface area contributed by atoms with Crippen LogP contribution in [-0.2, 0) is 6.54 Å². The molecule has 1 amide bonds. The summed E-state index contributed by atoms with van der Waals surface area (Å²) < 4.78 is 0.497. The standard InChI is InChI=1S/C14H10BrClN2O3/c15-13-5-4-11(18(20)21)7-12(13)14(19)17-8-9-2-1-3-10(16)6-9/h1-7H,8H2,(H,17,19). The molecule has 0 atom stereocenters. The van der Waals surface area contributed by atoms with E-state index in [2.05, 4.69) is 21.2 Å². The highest BCUT2D eigenvalue weighted by Gasteiger charge is 2.15. The van der Waals surface area contributed by atoms with Crippen LogP contribution in [0.4, 0.5) is 5.69 Å². The molecule has 0 heterocycles. The predicted octanol–water partition coefficient (Wildman–Crippen LogP) is 3.94. The first-order valence-corrected chi connectivity index (χ1v) is 7.11. The number of nitro benzene ring substituents is 1. The molecule has 0 aromatic heterocycles. The van der Waals surface area contributed by atoms with Gasteiger partial charge in [0, 0.05) is 28.2 Å². The molecule has 2 aromatic carbocycles. The number of carbonyl (C=O) groups is 1. The maximum atomic E-state index is 12.1. The topological polar surface area (TPSA) is 72.2 Å². The van der Waals surface area contributed by atoms with Gasteiger partial charge in [0.15, 0.2) is 0 Å². The van der Waals surface area contributed by atoms with Gasteiger partial charge < -0.3 is 5.32 Å². The Kier molecular flexibility index (Phi) is 4.93. The molecule has 0 saturated heterocycles. The third-order valence-electron chi connectivity index (χ3n) is 2.75. The molecule has 0 radical (unpaired) electrons. The van der Waals surface area contributed by atoms with Gasteiger partial charge in [-0.25, -0.2) is 0 Å². The number of nitro groups is 1. The molecular formula is C14H10BrClN2O3. The van der Waals surface area contributed by atoms with Gasteiger partial charge in [-0.05, 0) is 39.7 Å². The minimum Gasteiger partial charge on any atom is -0.348 e. The van der Waals surface area contributed by atoms with E-state index in [0.29, 0.717) is 9.50 Å². The molecule has 0 aliphatic rings. The monoisotopic (exact) mass is 368 g/mol. The zero-order valence-electron chi connectivity index (χ0n) is 10.7. The van der Waals surface area contributed by atoms with Crippen molar-refractivity contribution in [3.05, 3.63) is 73.2 Å². The van der Waals surface area contributed by atoms with Crippen LogP contribution in [-0.4, -0.2) is 10.8 Å². The second-order valence-electron chi connectivity index (χ2n) is 4.23. The molecular weight excluding hydrogens is 360 g/mol. The molecule has 21 heavy (non-hydrogen) atoms. The van der Waals surface area contributed by atoms with Gasteiger partial charge in [-0.15, -0.1) is 0 Å². The summed E-state index contributed by atoms with van der Waals surface area (Å²) in [4.78, 5) is 22.3. The van der Waals surface area contributed by atoms with E-state index in [-0.39, 0.29) is 17.8 Å². The lowest BCUT2D eigenvalue weighted by molar-refractivity contribution is -0.384. The van der Waals surface area contributed by atoms with Crippen LogP contribution in [0.1, 0.15) is 15.9 Å². The van der Waals surface area contributed by atoms with Crippen molar-refractivity contribution < 1.29 is 9.72 Å². The average Bonchev–Trinajstić information content (AvgIpc) is 2.45. The van der Waals surface area contributed by atoms with E-state index in [4.69, 9.17) is 11.6 Å². The van der Waals surface area contributed by atoms with Crippen LogP contribution >= 0.6 is 27.5 Å². The number of benzene rings is 2. The zero-order valence-corrected chi connectivity index (χ0v) is 13.0. The van der Waals surface area contributed by atoms with Crippen molar-refractivity contribution in [2.45, 2.75) is 6.54 Å². The molecule has 0 aliphatic heterocycles. The highest BCUT2D eigenvalue weighted by Crippen LogP contribution is 2.22. The molecule has 5 nitrogen and oxygen atoms in total. The molecule has 2 rings (SSSR count). The minimum atomic E-state index is -0.541. The Bertz CT molecular complexity index is 706. The summed E-state index contributed by atoms with van der Waals surface area (Å²) in [7, 11) is 0. The second-order valence-corrected chi connectivity index (χ2v) is 5.52. The summed E-state index contributed by atoms with van der Waals surface area (Å²) in [6, 6.07) is 11.1. The van der Waals surface area contributed by atoms with Crippen molar-refractivity contribution in [2.24, 2.45) is 0 Å². The van der Waals surface area contributed by atoms with Crippen molar-refractivity contribution in [1.82, 2.24) is 5.32 Å². The lowest BCUT2D eigenvalue weighted by atomic mass is 10.1. The lowest BCUT2D eigenvalue weighted by Crippen LogP contribution is -2.23. The Balaban J connectivity index is 2.13. The van der Waals surface area contributed by atoms with Crippen LogP contribution in [0, 0.1) is 10.1 Å². The predicted molar refractivity (Wildman–Crippen MR) is 83.4 cm³/mol. The molecule has 0 bridgehead atoms. The third-order valence-corrected chi connectivity index (χ3v) is 3.67. The molecule has 0 unspecified atom stereocenters. The molecule has 0 fully saturated rings. The summed E-state index contributed by atoms with van der Waals surface area (Å²) in [6.07, 6.45) is 0. The first-order chi connectivity index (χ1) is 9.97. The van der Waals surface area contributed by atoms with E-state index in [0.717, 1.165) is 5.56 Å². The fourth-order valence-electron chi connectivity index (χ4n) is 1.73. The van der Waals surface area contributed by atoms with Crippen molar-refractivity contribution in [3.63, 3.8) is 0 Å². The normalized spacial score (nSPS) is 10.2. The SMILES string of the molecule is O=C(NCc1cccc(Cl)c1)c1cc([N+](=O)[O-])ccc1Br. The summed E-state index contributed by atoms with van der Waals surface area (Å²) in [6.45, 7) is 0.286. The van der Waals surface area contributed by atoms with Crippen LogP contribution in [0.25, 0.3) is 0 Å². The fourth-order valence-corrected chi connectivity index (χ4v) is 2.36. The Hall–Kier alpha value is -1.92. The van der Waals surface area contributed by atoms with Gasteiger partial charge >= 0.3 is 0 Å². The van der Waals surface area contributed by atoms with Gasteiger partial charge in [0.25, 0.3) is 11.6 Å². The number of hydrogen-bond acceptors (Lipinski definition) is 3. The first kappa shape index (κ1) is 15.5. The van der Waals surface area contributed by atoms with Gasteiger partial charge in [-0.2, -0.15) is 0 Å². The van der Waals surface area contributed by atoms with Crippen molar-refractivity contribution >= 4 is 39.1 Å². The highest BCUT2D eigenvalue weighted by atomic mass is 79.9. The van der Waals surface area contributed by atoms with Gasteiger partial charge in [0.05, 0.1) is 10.5 Å². The number of halogens is 2. The summed E-state index contributed by atoms with van der Waals surface area (Å²) in [5.41, 5.74) is 0.926. The highest BCUT2D eigenvalue weighted by molar-refractivity contribution is 9.10. The number of hydrogen-bond donors (Lipinski definition) is 1. The minimum absolute atomic E-state index is 0.133. The largest absolute Gasteiger partial charge is 0.348 e. The molecule has 108 valence electrons. The van der Waals surface area contributed by atoms with E-state index < -0.39 is 10.8 Å². The van der Waals surface area contributed by atoms with E-state index in [1.807, 2.05) is 6.07 Å². The maximum absolute atomic E-state index is 12.1. The fraction of sp³-hybridized carbons (Fsp3) is 0.0714. The van der Waals surface area contributed by atoms with E-state index in [9.17, 15) is 14.9 Å². The number of carbonyl (C=O) groups excluding carboxylic acids is 1. The van der Waals surface area contributed by atoms with Crippen molar-refractivity contribution in [3.8, 4) is 0 Å². The molecule has 1 N–H and O–H groups in total. The van der Waals surface area contributed by atoms with Crippen LogP contribution in [0.2, 0.25) is 5.02 Å². The Labute approximate surface area is 134 Å². The zero-order chi connectivity index (χ0) is 15.4. The van der Waals surface area contributed by atoms with Crippen LogP contribution in [0.15, 0.2) is 46.9 Å². The van der Waals surface area contributed by atoms with Crippen LogP contribution < -0.4 is 5.32 Å². The maximum Gasteiger partial charge on any atom is 0.270 e. The summed E-state index contributed by atoms with van der Waals surface area (Å²) in [5.74, 6) is -0.398. The molecule has 2 aromatic rings. The van der Waals surface area contributed by atoms with E-state index >= 15 is 0 Å².